The largest absolute Gasteiger partial charge is 0.247 e. The normalized spacial score (nSPS) is 11.8. The van der Waals surface area contributed by atoms with Gasteiger partial charge in [-0.15, -0.1) is 11.3 Å². The van der Waals surface area contributed by atoms with E-state index in [-0.39, 0.29) is 0 Å². The van der Waals surface area contributed by atoms with Gasteiger partial charge in [-0.2, -0.15) is 10.2 Å². The topological polar surface area (TPSA) is 73.8 Å². The zero-order valence-corrected chi connectivity index (χ0v) is 18.0. The van der Waals surface area contributed by atoms with Crippen LogP contribution in [0.15, 0.2) is 12.4 Å². The van der Waals surface area contributed by atoms with Gasteiger partial charge in [0.2, 0.25) is 0 Å². The lowest BCUT2D eigenvalue weighted by Gasteiger charge is -2.14. The second kappa shape index (κ2) is 7.09. The third kappa shape index (κ3) is 2.92. The molecule has 0 radical (unpaired) electrons. The van der Waals surface area contributed by atoms with Crippen molar-refractivity contribution in [1.29, 1.82) is 0 Å². The third-order valence-corrected chi connectivity index (χ3v) is 6.41. The summed E-state index contributed by atoms with van der Waals surface area (Å²) in [4.78, 5) is 15.1. The molecule has 0 bridgehead atoms. The minimum atomic E-state index is 0.482. The first kappa shape index (κ1) is 18.7. The van der Waals surface area contributed by atoms with Crippen molar-refractivity contribution in [2.24, 2.45) is 7.05 Å². The number of aromatic nitrogens is 7. The van der Waals surface area contributed by atoms with Gasteiger partial charge in [0.15, 0.2) is 16.5 Å². The SMILES string of the molecule is CCC(CC)c1cc(C)nn2c(-c3sc(-c4ncnn4C)nc3C)c(C)nc12. The van der Waals surface area contributed by atoms with Crippen LogP contribution in [0.5, 0.6) is 0 Å². The molecule has 4 rings (SSSR count). The lowest BCUT2D eigenvalue weighted by Crippen LogP contribution is -2.05. The van der Waals surface area contributed by atoms with E-state index < -0.39 is 0 Å². The molecule has 0 saturated carbocycles. The predicted octanol–water partition coefficient (Wildman–Crippen LogP) is 4.48. The smallest absolute Gasteiger partial charge is 0.187 e. The van der Waals surface area contributed by atoms with Crippen molar-refractivity contribution in [3.8, 4) is 21.4 Å². The highest BCUT2D eigenvalue weighted by Crippen LogP contribution is 2.37. The second-order valence-corrected chi connectivity index (χ2v) is 8.18. The first-order valence-corrected chi connectivity index (χ1v) is 10.4. The van der Waals surface area contributed by atoms with E-state index >= 15 is 0 Å². The maximum atomic E-state index is 4.92. The van der Waals surface area contributed by atoms with Gasteiger partial charge in [-0.1, -0.05) is 13.8 Å². The molecule has 4 heterocycles. The molecule has 28 heavy (non-hydrogen) atoms. The second-order valence-electron chi connectivity index (χ2n) is 7.18. The summed E-state index contributed by atoms with van der Waals surface area (Å²) in [6.45, 7) is 10.6. The molecule has 0 spiro atoms. The average Bonchev–Trinajstić information content (AvgIpc) is 3.32. The van der Waals surface area contributed by atoms with Crippen LogP contribution in [0, 0.1) is 20.8 Å². The summed E-state index contributed by atoms with van der Waals surface area (Å²) in [5.74, 6) is 1.25. The summed E-state index contributed by atoms with van der Waals surface area (Å²) in [6, 6.07) is 2.19. The number of aryl methyl sites for hydroxylation is 4. The Kier molecular flexibility index (Phi) is 4.74. The lowest BCUT2D eigenvalue weighted by molar-refractivity contribution is 0.638. The van der Waals surface area contributed by atoms with E-state index in [1.54, 1.807) is 22.3 Å². The molecular weight excluding hydrogens is 370 g/mol. The zero-order chi connectivity index (χ0) is 20.0. The highest BCUT2D eigenvalue weighted by molar-refractivity contribution is 7.18. The maximum absolute atomic E-state index is 4.92. The van der Waals surface area contributed by atoms with Gasteiger partial charge in [-0.25, -0.2) is 24.1 Å². The summed E-state index contributed by atoms with van der Waals surface area (Å²) < 4.78 is 3.76. The first-order valence-electron chi connectivity index (χ1n) is 9.63. The molecule has 0 saturated heterocycles. The summed E-state index contributed by atoms with van der Waals surface area (Å²) in [6.07, 6.45) is 3.73. The van der Waals surface area contributed by atoms with E-state index in [9.17, 15) is 0 Å². The molecule has 0 N–H and O–H groups in total. The summed E-state index contributed by atoms with van der Waals surface area (Å²) in [5, 5.41) is 9.84. The molecule has 0 aliphatic heterocycles. The number of fused-ring (bicyclic) bond motifs is 1. The Morgan fingerprint density at radius 1 is 1.07 bits per heavy atom. The van der Waals surface area contributed by atoms with Gasteiger partial charge in [-0.05, 0) is 45.6 Å². The molecule has 0 aliphatic rings. The van der Waals surface area contributed by atoms with Crippen LogP contribution in [-0.2, 0) is 7.05 Å². The molecule has 0 fully saturated rings. The number of imidazole rings is 1. The van der Waals surface area contributed by atoms with Crippen molar-refractivity contribution in [2.45, 2.75) is 53.4 Å². The Labute approximate surface area is 168 Å². The van der Waals surface area contributed by atoms with Crippen LogP contribution in [0.4, 0.5) is 0 Å². The van der Waals surface area contributed by atoms with Gasteiger partial charge >= 0.3 is 0 Å². The molecule has 0 unspecified atom stereocenters. The van der Waals surface area contributed by atoms with E-state index in [1.807, 2.05) is 18.5 Å². The highest BCUT2D eigenvalue weighted by Gasteiger charge is 2.23. The van der Waals surface area contributed by atoms with E-state index in [4.69, 9.17) is 15.1 Å². The molecule has 146 valence electrons. The maximum Gasteiger partial charge on any atom is 0.187 e. The van der Waals surface area contributed by atoms with Gasteiger partial charge < -0.3 is 0 Å². The Balaban J connectivity index is 1.94. The molecule has 4 aromatic rings. The zero-order valence-electron chi connectivity index (χ0n) is 17.2. The van der Waals surface area contributed by atoms with Gasteiger partial charge in [-0.3, -0.25) is 0 Å². The molecule has 0 aliphatic carbocycles. The third-order valence-electron chi connectivity index (χ3n) is 5.25. The van der Waals surface area contributed by atoms with Gasteiger partial charge in [0.05, 0.1) is 22.0 Å². The monoisotopic (exact) mass is 395 g/mol. The van der Waals surface area contributed by atoms with Gasteiger partial charge in [0.25, 0.3) is 0 Å². The Morgan fingerprint density at radius 2 is 1.82 bits per heavy atom. The number of hydrogen-bond donors (Lipinski definition) is 0. The van der Waals surface area contributed by atoms with Crippen LogP contribution in [0.2, 0.25) is 0 Å². The molecule has 0 amide bonds. The number of hydrogen-bond acceptors (Lipinski definition) is 6. The van der Waals surface area contributed by atoms with Crippen LogP contribution in [0.1, 0.15) is 55.3 Å². The van der Waals surface area contributed by atoms with Crippen molar-refractivity contribution >= 4 is 17.0 Å². The molecule has 0 aromatic carbocycles. The van der Waals surface area contributed by atoms with Crippen molar-refractivity contribution < 1.29 is 0 Å². The Morgan fingerprint density at radius 3 is 2.46 bits per heavy atom. The van der Waals surface area contributed by atoms with Gasteiger partial charge in [0.1, 0.15) is 12.0 Å². The molecular formula is C20H25N7S. The summed E-state index contributed by atoms with van der Waals surface area (Å²) >= 11 is 1.61. The van der Waals surface area contributed by atoms with E-state index in [0.29, 0.717) is 5.92 Å². The van der Waals surface area contributed by atoms with Crippen LogP contribution >= 0.6 is 11.3 Å². The van der Waals surface area contributed by atoms with E-state index in [2.05, 4.69) is 43.8 Å². The number of thiazole rings is 1. The van der Waals surface area contributed by atoms with Crippen molar-refractivity contribution in [1.82, 2.24) is 34.3 Å². The van der Waals surface area contributed by atoms with Crippen molar-refractivity contribution in [3.63, 3.8) is 0 Å². The lowest BCUT2D eigenvalue weighted by atomic mass is 9.95. The molecule has 7 nitrogen and oxygen atoms in total. The van der Waals surface area contributed by atoms with Crippen LogP contribution in [0.25, 0.3) is 27.1 Å². The molecule has 8 heteroatoms. The summed E-state index contributed by atoms with van der Waals surface area (Å²) in [7, 11) is 1.88. The van der Waals surface area contributed by atoms with Gasteiger partial charge in [0, 0.05) is 12.6 Å². The minimum absolute atomic E-state index is 0.482. The van der Waals surface area contributed by atoms with Crippen LogP contribution < -0.4 is 0 Å². The predicted molar refractivity (Wildman–Crippen MR) is 112 cm³/mol. The Bertz CT molecular complexity index is 1150. The minimum Gasteiger partial charge on any atom is -0.247 e. The fourth-order valence-corrected chi connectivity index (χ4v) is 4.95. The fourth-order valence-electron chi connectivity index (χ4n) is 3.77. The average molecular weight is 396 g/mol. The number of rotatable bonds is 5. The highest BCUT2D eigenvalue weighted by atomic mass is 32.1. The van der Waals surface area contributed by atoms with Crippen molar-refractivity contribution in [3.05, 3.63) is 35.0 Å². The standard InChI is InChI=1S/C20H25N7S/c1-7-14(8-2)15-9-11(3)25-27-16(12(4)23-18(15)27)17-13(5)24-20(28-17)19-21-10-22-26(19)6/h9-10,14H,7-8H2,1-6H3. The quantitative estimate of drug-likeness (QED) is 0.498. The van der Waals surface area contributed by atoms with Crippen LogP contribution in [0.3, 0.4) is 0 Å². The van der Waals surface area contributed by atoms with Crippen LogP contribution in [-0.4, -0.2) is 34.3 Å². The Hall–Kier alpha value is -2.61. The van der Waals surface area contributed by atoms with E-state index in [1.165, 1.54) is 5.56 Å². The molecule has 4 aromatic heterocycles. The fraction of sp³-hybridized carbons (Fsp3) is 0.450. The first-order chi connectivity index (χ1) is 13.4. The van der Waals surface area contributed by atoms with E-state index in [0.717, 1.165) is 57.0 Å². The van der Waals surface area contributed by atoms with Crippen molar-refractivity contribution in [2.75, 3.05) is 0 Å². The molecule has 0 atom stereocenters. The number of nitrogens with zero attached hydrogens (tertiary/aromatic N) is 7. The summed E-state index contributed by atoms with van der Waals surface area (Å²) in [5.41, 5.74) is 6.20.